The summed E-state index contributed by atoms with van der Waals surface area (Å²) in [5, 5.41) is 10.9. The lowest BCUT2D eigenvalue weighted by Gasteiger charge is -2.20. The van der Waals surface area contributed by atoms with Crippen molar-refractivity contribution >= 4 is 17.7 Å². The highest BCUT2D eigenvalue weighted by Crippen LogP contribution is 2.19. The molecule has 2 N–H and O–H groups in total. The zero-order valence-corrected chi connectivity index (χ0v) is 12.4. The Morgan fingerprint density at radius 1 is 1.33 bits per heavy atom. The van der Waals surface area contributed by atoms with Crippen molar-refractivity contribution in [1.82, 2.24) is 0 Å². The molecule has 0 bridgehead atoms. The standard InChI is InChI=1S/C15H20FNO4/c1-15(2,3)21-14(20)17-12-9-10(7-8-11(12)16)5-4-6-13(18)19/h7-9H,4-6H2,1-3H3,(H,17,20)(H,18,19). The summed E-state index contributed by atoms with van der Waals surface area (Å²) in [6.45, 7) is 5.14. The molecule has 1 aromatic carbocycles. The van der Waals surface area contributed by atoms with Crippen LogP contribution in [0.1, 0.15) is 39.2 Å². The van der Waals surface area contributed by atoms with Gasteiger partial charge in [-0.3, -0.25) is 10.1 Å². The van der Waals surface area contributed by atoms with E-state index in [4.69, 9.17) is 9.84 Å². The Hall–Kier alpha value is -2.11. The minimum atomic E-state index is -0.871. The fourth-order valence-corrected chi connectivity index (χ4v) is 1.68. The molecule has 0 radical (unpaired) electrons. The number of hydrogen-bond donors (Lipinski definition) is 2. The SMILES string of the molecule is CC(C)(C)OC(=O)Nc1cc(CCCC(=O)O)ccc1F. The van der Waals surface area contributed by atoms with Crippen LogP contribution in [0.25, 0.3) is 0 Å². The summed E-state index contributed by atoms with van der Waals surface area (Å²) in [5.74, 6) is -1.44. The van der Waals surface area contributed by atoms with Gasteiger partial charge in [-0.15, -0.1) is 0 Å². The second-order valence-electron chi connectivity index (χ2n) is 5.69. The highest BCUT2D eigenvalue weighted by molar-refractivity contribution is 5.85. The van der Waals surface area contributed by atoms with Crippen LogP contribution in [0.5, 0.6) is 0 Å². The number of rotatable bonds is 5. The third kappa shape index (κ3) is 6.74. The van der Waals surface area contributed by atoms with E-state index in [2.05, 4.69) is 5.32 Å². The highest BCUT2D eigenvalue weighted by Gasteiger charge is 2.17. The summed E-state index contributed by atoms with van der Waals surface area (Å²) in [4.78, 5) is 22.1. The lowest BCUT2D eigenvalue weighted by Crippen LogP contribution is -2.27. The van der Waals surface area contributed by atoms with Gasteiger partial charge < -0.3 is 9.84 Å². The zero-order valence-electron chi connectivity index (χ0n) is 12.4. The number of aryl methyl sites for hydroxylation is 1. The highest BCUT2D eigenvalue weighted by atomic mass is 19.1. The molecular formula is C15H20FNO4. The minimum absolute atomic E-state index is 0.0251. The van der Waals surface area contributed by atoms with Gasteiger partial charge in [-0.2, -0.15) is 0 Å². The Labute approximate surface area is 123 Å². The maximum Gasteiger partial charge on any atom is 0.412 e. The zero-order chi connectivity index (χ0) is 16.0. The molecule has 116 valence electrons. The van der Waals surface area contributed by atoms with Crippen LogP contribution in [-0.2, 0) is 16.0 Å². The average Bonchev–Trinajstić information content (AvgIpc) is 2.30. The average molecular weight is 297 g/mol. The monoisotopic (exact) mass is 297 g/mol. The van der Waals surface area contributed by atoms with Gasteiger partial charge in [-0.25, -0.2) is 9.18 Å². The Balaban J connectivity index is 2.69. The maximum atomic E-state index is 13.6. The number of nitrogens with one attached hydrogen (secondary N) is 1. The molecule has 0 aliphatic rings. The number of carboxylic acids is 1. The van der Waals surface area contributed by atoms with Crippen LogP contribution in [0.15, 0.2) is 18.2 Å². The number of halogens is 1. The van der Waals surface area contributed by atoms with E-state index in [-0.39, 0.29) is 12.1 Å². The van der Waals surface area contributed by atoms with Gasteiger partial charge in [0.15, 0.2) is 0 Å². The van der Waals surface area contributed by atoms with E-state index in [1.165, 1.54) is 12.1 Å². The van der Waals surface area contributed by atoms with Crippen molar-refractivity contribution < 1.29 is 23.8 Å². The van der Waals surface area contributed by atoms with Gasteiger partial charge in [0.1, 0.15) is 11.4 Å². The smallest absolute Gasteiger partial charge is 0.412 e. The van der Waals surface area contributed by atoms with E-state index in [1.807, 2.05) is 0 Å². The van der Waals surface area contributed by atoms with Gasteiger partial charge in [-0.1, -0.05) is 6.07 Å². The largest absolute Gasteiger partial charge is 0.481 e. The lowest BCUT2D eigenvalue weighted by molar-refractivity contribution is -0.137. The second kappa shape index (κ2) is 7.06. The third-order valence-corrected chi connectivity index (χ3v) is 2.52. The van der Waals surface area contributed by atoms with Crippen LogP contribution >= 0.6 is 0 Å². The van der Waals surface area contributed by atoms with Crippen molar-refractivity contribution in [2.75, 3.05) is 5.32 Å². The number of carbonyl (C=O) groups is 2. The number of hydrogen-bond acceptors (Lipinski definition) is 3. The Bertz CT molecular complexity index is 523. The predicted octanol–water partition coefficient (Wildman–Crippen LogP) is 3.58. The molecule has 0 saturated carbocycles. The summed E-state index contributed by atoms with van der Waals surface area (Å²) in [7, 11) is 0. The van der Waals surface area contributed by atoms with E-state index in [9.17, 15) is 14.0 Å². The molecule has 1 amide bonds. The summed E-state index contributed by atoms with van der Waals surface area (Å²) in [6.07, 6.45) is 0.262. The first-order chi connectivity index (χ1) is 9.67. The Morgan fingerprint density at radius 2 is 2.00 bits per heavy atom. The van der Waals surface area contributed by atoms with Gasteiger partial charge in [0.25, 0.3) is 0 Å². The second-order valence-corrected chi connectivity index (χ2v) is 5.69. The van der Waals surface area contributed by atoms with E-state index in [0.717, 1.165) is 5.56 Å². The van der Waals surface area contributed by atoms with E-state index >= 15 is 0 Å². The van der Waals surface area contributed by atoms with Crippen LogP contribution in [0, 0.1) is 5.82 Å². The number of aliphatic carboxylic acids is 1. The fourth-order valence-electron chi connectivity index (χ4n) is 1.68. The first kappa shape index (κ1) is 16.9. The Kier molecular flexibility index (Phi) is 5.69. The molecule has 0 spiro atoms. The Morgan fingerprint density at radius 3 is 2.57 bits per heavy atom. The molecule has 0 aliphatic carbocycles. The van der Waals surface area contributed by atoms with Crippen molar-refractivity contribution in [3.8, 4) is 0 Å². The van der Waals surface area contributed by atoms with E-state index in [0.29, 0.717) is 12.8 Å². The number of benzene rings is 1. The normalized spacial score (nSPS) is 11.0. The van der Waals surface area contributed by atoms with Crippen molar-refractivity contribution in [2.45, 2.75) is 45.6 Å². The quantitative estimate of drug-likeness (QED) is 0.871. The van der Waals surface area contributed by atoms with Crippen molar-refractivity contribution in [3.05, 3.63) is 29.6 Å². The molecule has 1 aromatic rings. The van der Waals surface area contributed by atoms with Crippen LogP contribution < -0.4 is 5.32 Å². The van der Waals surface area contributed by atoms with Crippen LogP contribution in [0.2, 0.25) is 0 Å². The summed E-state index contributed by atoms with van der Waals surface area (Å²) >= 11 is 0. The number of carbonyl (C=O) groups excluding carboxylic acids is 1. The van der Waals surface area contributed by atoms with Gasteiger partial charge in [0.2, 0.25) is 0 Å². The summed E-state index contributed by atoms with van der Waals surface area (Å²) in [5.41, 5.74) is 0.111. The lowest BCUT2D eigenvalue weighted by atomic mass is 10.1. The molecule has 0 atom stereocenters. The van der Waals surface area contributed by atoms with Crippen LogP contribution in [0.4, 0.5) is 14.9 Å². The molecule has 5 nitrogen and oxygen atoms in total. The molecule has 0 aromatic heterocycles. The van der Waals surface area contributed by atoms with E-state index in [1.54, 1.807) is 26.8 Å². The molecular weight excluding hydrogens is 277 g/mol. The fraction of sp³-hybridized carbons (Fsp3) is 0.467. The summed E-state index contributed by atoms with van der Waals surface area (Å²) in [6, 6.07) is 4.29. The molecule has 0 fully saturated rings. The van der Waals surface area contributed by atoms with E-state index < -0.39 is 23.5 Å². The topological polar surface area (TPSA) is 75.6 Å². The molecule has 0 unspecified atom stereocenters. The molecule has 6 heteroatoms. The number of ether oxygens (including phenoxy) is 1. The molecule has 0 saturated heterocycles. The van der Waals surface area contributed by atoms with Crippen LogP contribution in [0.3, 0.4) is 0 Å². The van der Waals surface area contributed by atoms with Crippen molar-refractivity contribution in [3.63, 3.8) is 0 Å². The number of carboxylic acid groups (broad SMARTS) is 1. The van der Waals surface area contributed by atoms with Gasteiger partial charge in [-0.05, 0) is 51.3 Å². The first-order valence-electron chi connectivity index (χ1n) is 6.67. The maximum absolute atomic E-state index is 13.6. The molecule has 0 heterocycles. The van der Waals surface area contributed by atoms with Gasteiger partial charge in [0, 0.05) is 6.42 Å². The van der Waals surface area contributed by atoms with Gasteiger partial charge >= 0.3 is 12.1 Å². The third-order valence-electron chi connectivity index (χ3n) is 2.52. The predicted molar refractivity (Wildman–Crippen MR) is 76.8 cm³/mol. The van der Waals surface area contributed by atoms with Crippen LogP contribution in [-0.4, -0.2) is 22.8 Å². The van der Waals surface area contributed by atoms with Crippen molar-refractivity contribution in [2.24, 2.45) is 0 Å². The van der Waals surface area contributed by atoms with Crippen molar-refractivity contribution in [1.29, 1.82) is 0 Å². The first-order valence-corrected chi connectivity index (χ1v) is 6.67. The molecule has 21 heavy (non-hydrogen) atoms. The number of anilines is 1. The molecule has 1 rings (SSSR count). The van der Waals surface area contributed by atoms with Gasteiger partial charge in [0.05, 0.1) is 5.69 Å². The number of amides is 1. The summed E-state index contributed by atoms with van der Waals surface area (Å²) < 4.78 is 18.7. The molecule has 0 aliphatic heterocycles. The minimum Gasteiger partial charge on any atom is -0.481 e.